The van der Waals surface area contributed by atoms with Crippen LogP contribution in [-0.4, -0.2) is 5.78 Å². The molecule has 0 spiro atoms. The Morgan fingerprint density at radius 2 is 2.31 bits per heavy atom. The van der Waals surface area contributed by atoms with Crippen LogP contribution in [0, 0.1) is 12.3 Å². The van der Waals surface area contributed by atoms with Crippen molar-refractivity contribution in [2.75, 3.05) is 0 Å². The highest BCUT2D eigenvalue weighted by molar-refractivity contribution is 9.10. The molecule has 0 radical (unpaired) electrons. The van der Waals surface area contributed by atoms with Crippen molar-refractivity contribution in [1.29, 1.82) is 0 Å². The second-order valence-electron chi connectivity index (χ2n) is 2.43. The van der Waals surface area contributed by atoms with Gasteiger partial charge in [-0.15, -0.1) is 6.42 Å². The Morgan fingerprint density at radius 1 is 1.62 bits per heavy atom. The summed E-state index contributed by atoms with van der Waals surface area (Å²) in [5.41, 5.74) is 0.467. The molecule has 13 heavy (non-hydrogen) atoms. The molecule has 0 saturated heterocycles. The van der Waals surface area contributed by atoms with Gasteiger partial charge in [-0.05, 0) is 18.2 Å². The summed E-state index contributed by atoms with van der Waals surface area (Å²) in [6, 6.07) is 5.10. The predicted molar refractivity (Wildman–Crippen MR) is 56.9 cm³/mol. The van der Waals surface area contributed by atoms with Crippen LogP contribution in [0.15, 0.2) is 22.7 Å². The van der Waals surface area contributed by atoms with Crippen LogP contribution in [-0.2, 0) is 0 Å². The second-order valence-corrected chi connectivity index (χ2v) is 3.75. The van der Waals surface area contributed by atoms with E-state index in [2.05, 4.69) is 21.9 Å². The van der Waals surface area contributed by atoms with Crippen molar-refractivity contribution in [3.05, 3.63) is 33.3 Å². The molecule has 0 N–H and O–H groups in total. The van der Waals surface area contributed by atoms with Crippen molar-refractivity contribution in [3.8, 4) is 12.3 Å². The molecule has 0 saturated carbocycles. The molecule has 1 rings (SSSR count). The Morgan fingerprint density at radius 3 is 2.92 bits per heavy atom. The highest BCUT2D eigenvalue weighted by Crippen LogP contribution is 2.21. The number of rotatable bonds is 2. The Labute approximate surface area is 90.2 Å². The minimum atomic E-state index is -0.131. The van der Waals surface area contributed by atoms with E-state index in [-0.39, 0.29) is 12.2 Å². The van der Waals surface area contributed by atoms with Crippen molar-refractivity contribution in [2.24, 2.45) is 0 Å². The molecule has 0 atom stereocenters. The van der Waals surface area contributed by atoms with Gasteiger partial charge in [0.2, 0.25) is 0 Å². The van der Waals surface area contributed by atoms with Crippen molar-refractivity contribution in [2.45, 2.75) is 6.42 Å². The van der Waals surface area contributed by atoms with Crippen LogP contribution in [0.25, 0.3) is 0 Å². The average molecular weight is 258 g/mol. The zero-order valence-corrected chi connectivity index (χ0v) is 9.02. The smallest absolute Gasteiger partial charge is 0.176 e. The van der Waals surface area contributed by atoms with E-state index in [9.17, 15) is 4.79 Å². The van der Waals surface area contributed by atoms with Gasteiger partial charge >= 0.3 is 0 Å². The summed E-state index contributed by atoms with van der Waals surface area (Å²) in [4.78, 5) is 11.4. The molecule has 0 amide bonds. The van der Waals surface area contributed by atoms with Crippen LogP contribution in [0.2, 0.25) is 5.02 Å². The standard InChI is InChI=1S/C10H6BrClO/c1-2-3-10(13)8-6-7(11)4-5-9(8)12/h1,4-6H,3H2. The fourth-order valence-corrected chi connectivity index (χ4v) is 1.48. The van der Waals surface area contributed by atoms with Gasteiger partial charge in [-0.3, -0.25) is 4.79 Å². The molecule has 0 fully saturated rings. The summed E-state index contributed by atoms with van der Waals surface area (Å²) in [5.74, 6) is 2.16. The largest absolute Gasteiger partial charge is 0.293 e. The minimum Gasteiger partial charge on any atom is -0.293 e. The van der Waals surface area contributed by atoms with Crippen LogP contribution in [0.5, 0.6) is 0 Å². The van der Waals surface area contributed by atoms with E-state index in [0.29, 0.717) is 10.6 Å². The zero-order valence-electron chi connectivity index (χ0n) is 6.68. The third-order valence-corrected chi connectivity index (χ3v) is 2.31. The summed E-state index contributed by atoms with van der Waals surface area (Å²) in [7, 11) is 0. The number of hydrogen-bond acceptors (Lipinski definition) is 1. The third-order valence-electron chi connectivity index (χ3n) is 1.49. The monoisotopic (exact) mass is 256 g/mol. The van der Waals surface area contributed by atoms with Crippen molar-refractivity contribution >= 4 is 33.3 Å². The van der Waals surface area contributed by atoms with E-state index in [0.717, 1.165) is 4.47 Å². The molecule has 1 aromatic rings. The average Bonchev–Trinajstić information content (AvgIpc) is 2.09. The number of benzene rings is 1. The van der Waals surface area contributed by atoms with Gasteiger partial charge in [0, 0.05) is 10.0 Å². The molecule has 1 aromatic carbocycles. The van der Waals surface area contributed by atoms with Gasteiger partial charge in [-0.1, -0.05) is 33.5 Å². The fraction of sp³-hybridized carbons (Fsp3) is 0.100. The summed E-state index contributed by atoms with van der Waals surface area (Å²) in [6.07, 6.45) is 5.11. The second kappa shape index (κ2) is 4.45. The zero-order chi connectivity index (χ0) is 9.84. The highest BCUT2D eigenvalue weighted by Gasteiger charge is 2.08. The van der Waals surface area contributed by atoms with Crippen LogP contribution >= 0.6 is 27.5 Å². The number of Topliss-reactive ketones (excluding diaryl/α,β-unsaturated/α-hetero) is 1. The molecule has 66 valence electrons. The van der Waals surface area contributed by atoms with Gasteiger partial charge < -0.3 is 0 Å². The van der Waals surface area contributed by atoms with Crippen LogP contribution in [0.1, 0.15) is 16.8 Å². The Kier molecular flexibility index (Phi) is 3.53. The first-order valence-electron chi connectivity index (χ1n) is 3.57. The van der Waals surface area contributed by atoms with Crippen LogP contribution in [0.4, 0.5) is 0 Å². The normalized spacial score (nSPS) is 9.31. The molecule has 0 aliphatic carbocycles. The van der Waals surface area contributed by atoms with E-state index in [1.807, 2.05) is 0 Å². The van der Waals surface area contributed by atoms with E-state index in [1.165, 1.54) is 0 Å². The minimum absolute atomic E-state index is 0.0795. The molecule has 0 unspecified atom stereocenters. The Hall–Kier alpha value is -0.780. The highest BCUT2D eigenvalue weighted by atomic mass is 79.9. The van der Waals surface area contributed by atoms with Gasteiger partial charge in [0.05, 0.1) is 11.4 Å². The van der Waals surface area contributed by atoms with Gasteiger partial charge in [-0.2, -0.15) is 0 Å². The number of halogens is 2. The number of carbonyl (C=O) groups excluding carboxylic acids is 1. The summed E-state index contributed by atoms with van der Waals surface area (Å²) in [6.45, 7) is 0. The summed E-state index contributed by atoms with van der Waals surface area (Å²) in [5, 5.41) is 0.434. The quantitative estimate of drug-likeness (QED) is 0.587. The van der Waals surface area contributed by atoms with E-state index in [1.54, 1.807) is 18.2 Å². The van der Waals surface area contributed by atoms with Crippen molar-refractivity contribution in [1.82, 2.24) is 0 Å². The van der Waals surface area contributed by atoms with Gasteiger partial charge in [0.25, 0.3) is 0 Å². The lowest BCUT2D eigenvalue weighted by Gasteiger charge is -2.00. The summed E-state index contributed by atoms with van der Waals surface area (Å²) >= 11 is 9.07. The lowest BCUT2D eigenvalue weighted by atomic mass is 10.1. The number of hydrogen-bond donors (Lipinski definition) is 0. The topological polar surface area (TPSA) is 17.1 Å². The van der Waals surface area contributed by atoms with Gasteiger partial charge in [0.1, 0.15) is 0 Å². The van der Waals surface area contributed by atoms with Gasteiger partial charge in [-0.25, -0.2) is 0 Å². The Balaban J connectivity index is 3.07. The van der Waals surface area contributed by atoms with E-state index >= 15 is 0 Å². The molecular formula is C10H6BrClO. The molecule has 0 aliphatic rings. The first kappa shape index (κ1) is 10.3. The van der Waals surface area contributed by atoms with E-state index < -0.39 is 0 Å². The number of ketones is 1. The molecular weight excluding hydrogens is 251 g/mol. The van der Waals surface area contributed by atoms with Crippen molar-refractivity contribution in [3.63, 3.8) is 0 Å². The number of carbonyl (C=O) groups is 1. The lowest BCUT2D eigenvalue weighted by Crippen LogP contribution is -1.98. The first-order chi connectivity index (χ1) is 6.15. The maximum Gasteiger partial charge on any atom is 0.176 e. The lowest BCUT2D eigenvalue weighted by molar-refractivity contribution is 0.0998. The molecule has 3 heteroatoms. The maximum atomic E-state index is 11.4. The third kappa shape index (κ3) is 2.58. The van der Waals surface area contributed by atoms with Crippen LogP contribution < -0.4 is 0 Å². The van der Waals surface area contributed by atoms with E-state index in [4.69, 9.17) is 18.0 Å². The van der Waals surface area contributed by atoms with Crippen molar-refractivity contribution < 1.29 is 4.79 Å². The molecule has 0 aliphatic heterocycles. The van der Waals surface area contributed by atoms with Gasteiger partial charge in [0.15, 0.2) is 5.78 Å². The predicted octanol–water partition coefficient (Wildman–Crippen LogP) is 3.31. The van der Waals surface area contributed by atoms with Crippen LogP contribution in [0.3, 0.4) is 0 Å². The molecule has 1 nitrogen and oxygen atoms in total. The summed E-state index contributed by atoms with van der Waals surface area (Å²) < 4.78 is 0.817. The number of terminal acetylenes is 1. The Bertz CT molecular complexity index is 379. The fourth-order valence-electron chi connectivity index (χ4n) is 0.899. The first-order valence-corrected chi connectivity index (χ1v) is 4.74. The SMILES string of the molecule is C#CCC(=O)c1cc(Br)ccc1Cl. The molecule has 0 aromatic heterocycles. The molecule has 0 bridgehead atoms. The maximum absolute atomic E-state index is 11.4. The molecule has 0 heterocycles.